The molecule has 1 fully saturated rings. The van der Waals surface area contributed by atoms with Crippen LogP contribution in [0.1, 0.15) is 24.1 Å². The van der Waals surface area contributed by atoms with E-state index in [9.17, 15) is 8.78 Å². The van der Waals surface area contributed by atoms with Gasteiger partial charge in [0.15, 0.2) is 5.82 Å². The topological polar surface area (TPSA) is 45.2 Å². The first-order valence-electron chi connectivity index (χ1n) is 10.4. The lowest BCUT2D eigenvalue weighted by Crippen LogP contribution is -2.44. The third-order valence-corrected chi connectivity index (χ3v) is 6.12. The van der Waals surface area contributed by atoms with Crippen molar-refractivity contribution in [1.29, 1.82) is 0 Å². The molecule has 30 heavy (non-hydrogen) atoms. The maximum atomic E-state index is 13.7. The Hall–Kier alpha value is -3.09. The lowest BCUT2D eigenvalue weighted by atomic mass is 10.0. The fourth-order valence-electron chi connectivity index (χ4n) is 4.47. The first-order chi connectivity index (χ1) is 14.7. The van der Waals surface area contributed by atoms with Crippen molar-refractivity contribution in [3.8, 4) is 11.3 Å². The molecule has 5 nitrogen and oxygen atoms in total. The summed E-state index contributed by atoms with van der Waals surface area (Å²) < 4.78 is 26.3. The highest BCUT2D eigenvalue weighted by Crippen LogP contribution is 2.33. The molecule has 0 N–H and O–H groups in total. The zero-order valence-corrected chi connectivity index (χ0v) is 16.6. The van der Waals surface area contributed by atoms with Crippen LogP contribution >= 0.6 is 0 Å². The average Bonchev–Trinajstić information content (AvgIpc) is 3.22. The molecule has 2 aliphatic heterocycles. The zero-order chi connectivity index (χ0) is 20.5. The smallest absolute Gasteiger partial charge is 0.151 e. The number of alkyl halides is 1. The molecule has 1 saturated heterocycles. The summed E-state index contributed by atoms with van der Waals surface area (Å²) in [6, 6.07) is 13.0. The molecule has 5 rings (SSSR count). The van der Waals surface area contributed by atoms with Gasteiger partial charge in [-0.3, -0.25) is 4.98 Å². The molecule has 2 aliphatic rings. The first-order valence-corrected chi connectivity index (χ1v) is 10.4. The Morgan fingerprint density at radius 1 is 0.967 bits per heavy atom. The molecule has 0 unspecified atom stereocenters. The Labute approximate surface area is 174 Å². The second-order valence-electron chi connectivity index (χ2n) is 7.88. The number of rotatable bonds is 4. The quantitative estimate of drug-likeness (QED) is 0.649. The number of benzene rings is 1. The Bertz CT molecular complexity index is 1010. The lowest BCUT2D eigenvalue weighted by Gasteiger charge is -2.38. The molecular formula is C23H23F2N5. The Balaban J connectivity index is 1.23. The standard InChI is InChI=1S/C23H23F2N5/c24-14-19-4-2-17(15-26-19)21-5-6-23(28-27-21)29-10-8-20(9-11-29)30-12-7-16-1-3-18(25)13-22(16)30/h1-6,13,15,20H,7-12,14H2. The Kier molecular flexibility index (Phi) is 5.02. The van der Waals surface area contributed by atoms with Gasteiger partial charge < -0.3 is 9.80 Å². The largest absolute Gasteiger partial charge is 0.368 e. The van der Waals surface area contributed by atoms with Crippen LogP contribution in [0.25, 0.3) is 11.3 Å². The maximum absolute atomic E-state index is 13.7. The van der Waals surface area contributed by atoms with Crippen LogP contribution in [-0.4, -0.2) is 40.9 Å². The van der Waals surface area contributed by atoms with Crippen molar-refractivity contribution < 1.29 is 8.78 Å². The van der Waals surface area contributed by atoms with Crippen LogP contribution in [0.2, 0.25) is 0 Å². The molecule has 0 saturated carbocycles. The van der Waals surface area contributed by atoms with E-state index >= 15 is 0 Å². The molecule has 2 aromatic heterocycles. The van der Waals surface area contributed by atoms with Gasteiger partial charge in [-0.05, 0) is 61.2 Å². The van der Waals surface area contributed by atoms with Crippen LogP contribution in [0, 0.1) is 5.82 Å². The maximum Gasteiger partial charge on any atom is 0.151 e. The van der Waals surface area contributed by atoms with Crippen LogP contribution in [0.15, 0.2) is 48.7 Å². The number of aromatic nitrogens is 3. The van der Waals surface area contributed by atoms with E-state index in [1.54, 1.807) is 24.4 Å². The summed E-state index contributed by atoms with van der Waals surface area (Å²) in [5, 5.41) is 8.74. The molecular weight excluding hydrogens is 384 g/mol. The van der Waals surface area contributed by atoms with E-state index in [4.69, 9.17) is 0 Å². The molecule has 0 aliphatic carbocycles. The van der Waals surface area contributed by atoms with Crippen molar-refractivity contribution in [1.82, 2.24) is 15.2 Å². The van der Waals surface area contributed by atoms with Crippen molar-refractivity contribution in [2.75, 3.05) is 29.4 Å². The van der Waals surface area contributed by atoms with Gasteiger partial charge in [0, 0.05) is 43.1 Å². The third-order valence-electron chi connectivity index (χ3n) is 6.12. The minimum atomic E-state index is -0.571. The summed E-state index contributed by atoms with van der Waals surface area (Å²) in [5.41, 5.74) is 4.26. The normalized spacial score (nSPS) is 16.7. The van der Waals surface area contributed by atoms with Crippen LogP contribution in [-0.2, 0) is 13.1 Å². The van der Waals surface area contributed by atoms with E-state index in [1.807, 2.05) is 24.3 Å². The highest BCUT2D eigenvalue weighted by atomic mass is 19.1. The predicted octanol–water partition coefficient (Wildman–Crippen LogP) is 4.18. The van der Waals surface area contributed by atoms with E-state index in [2.05, 4.69) is 25.0 Å². The van der Waals surface area contributed by atoms with Gasteiger partial charge in [-0.15, -0.1) is 10.2 Å². The zero-order valence-electron chi connectivity index (χ0n) is 16.6. The van der Waals surface area contributed by atoms with Crippen molar-refractivity contribution in [3.63, 3.8) is 0 Å². The Morgan fingerprint density at radius 3 is 2.53 bits per heavy atom. The van der Waals surface area contributed by atoms with Crippen LogP contribution in [0.5, 0.6) is 0 Å². The highest BCUT2D eigenvalue weighted by molar-refractivity contribution is 5.60. The molecule has 0 amide bonds. The third kappa shape index (κ3) is 3.60. The summed E-state index contributed by atoms with van der Waals surface area (Å²) in [4.78, 5) is 8.70. The number of piperidine rings is 1. The van der Waals surface area contributed by atoms with E-state index in [0.717, 1.165) is 61.7 Å². The van der Waals surface area contributed by atoms with Gasteiger partial charge in [-0.1, -0.05) is 6.07 Å². The van der Waals surface area contributed by atoms with Gasteiger partial charge in [0.1, 0.15) is 12.5 Å². The van der Waals surface area contributed by atoms with E-state index in [1.165, 1.54) is 5.56 Å². The fourth-order valence-corrected chi connectivity index (χ4v) is 4.47. The lowest BCUT2D eigenvalue weighted by molar-refractivity contribution is 0.469. The van der Waals surface area contributed by atoms with Gasteiger partial charge in [-0.25, -0.2) is 8.78 Å². The molecule has 154 valence electrons. The average molecular weight is 407 g/mol. The minimum absolute atomic E-state index is 0.164. The van der Waals surface area contributed by atoms with Crippen molar-refractivity contribution >= 4 is 11.5 Å². The van der Waals surface area contributed by atoms with E-state index in [0.29, 0.717) is 11.7 Å². The summed E-state index contributed by atoms with van der Waals surface area (Å²) in [7, 11) is 0. The van der Waals surface area contributed by atoms with E-state index in [-0.39, 0.29) is 5.82 Å². The summed E-state index contributed by atoms with van der Waals surface area (Å²) >= 11 is 0. The second-order valence-corrected chi connectivity index (χ2v) is 7.88. The number of anilines is 2. The molecule has 0 bridgehead atoms. The molecule has 3 aromatic rings. The monoisotopic (exact) mass is 407 g/mol. The summed E-state index contributed by atoms with van der Waals surface area (Å²) in [6.45, 7) is 2.19. The number of fused-ring (bicyclic) bond motifs is 1. The fraction of sp³-hybridized carbons (Fsp3) is 0.348. The second kappa shape index (κ2) is 7.97. The van der Waals surface area contributed by atoms with Gasteiger partial charge in [0.2, 0.25) is 0 Å². The van der Waals surface area contributed by atoms with Gasteiger partial charge in [0.25, 0.3) is 0 Å². The number of hydrogen-bond donors (Lipinski definition) is 0. The first kappa shape index (κ1) is 18.9. The molecule has 0 radical (unpaired) electrons. The molecule has 0 atom stereocenters. The predicted molar refractivity (Wildman–Crippen MR) is 113 cm³/mol. The van der Waals surface area contributed by atoms with Crippen molar-refractivity contribution in [2.45, 2.75) is 32.0 Å². The Morgan fingerprint density at radius 2 is 1.83 bits per heavy atom. The highest BCUT2D eigenvalue weighted by Gasteiger charge is 2.30. The molecule has 7 heteroatoms. The van der Waals surface area contributed by atoms with Crippen molar-refractivity contribution in [3.05, 3.63) is 65.7 Å². The van der Waals surface area contributed by atoms with Crippen LogP contribution in [0.3, 0.4) is 0 Å². The summed E-state index contributed by atoms with van der Waals surface area (Å²) in [6.07, 6.45) is 4.63. The number of halogens is 2. The number of pyridine rings is 1. The number of nitrogens with zero attached hydrogens (tertiary/aromatic N) is 5. The molecule has 4 heterocycles. The van der Waals surface area contributed by atoms with Gasteiger partial charge in [-0.2, -0.15) is 0 Å². The SMILES string of the molecule is FCc1ccc(-c2ccc(N3CCC(N4CCc5ccc(F)cc54)CC3)nn2)cn1. The van der Waals surface area contributed by atoms with Gasteiger partial charge >= 0.3 is 0 Å². The van der Waals surface area contributed by atoms with Crippen molar-refractivity contribution in [2.24, 2.45) is 0 Å². The summed E-state index contributed by atoms with van der Waals surface area (Å²) in [5.74, 6) is 0.696. The number of hydrogen-bond acceptors (Lipinski definition) is 5. The van der Waals surface area contributed by atoms with Crippen LogP contribution in [0.4, 0.5) is 20.3 Å². The minimum Gasteiger partial charge on any atom is -0.368 e. The van der Waals surface area contributed by atoms with E-state index < -0.39 is 6.67 Å². The molecule has 0 spiro atoms. The van der Waals surface area contributed by atoms with Gasteiger partial charge in [0.05, 0.1) is 11.4 Å². The van der Waals surface area contributed by atoms with Crippen LogP contribution < -0.4 is 9.80 Å². The molecule has 1 aromatic carbocycles.